The van der Waals surface area contributed by atoms with E-state index in [1.54, 1.807) is 18.8 Å². The van der Waals surface area contributed by atoms with E-state index >= 15 is 0 Å². The number of carbonyl (C=O) groups excluding carboxylic acids is 1. The molecule has 0 fully saturated rings. The summed E-state index contributed by atoms with van der Waals surface area (Å²) in [5, 5.41) is 9.45. The molecular formula is C18H16N4O2S. The monoisotopic (exact) mass is 352 g/mol. The van der Waals surface area contributed by atoms with Crippen LogP contribution in [0.3, 0.4) is 0 Å². The first-order chi connectivity index (χ1) is 12.2. The van der Waals surface area contributed by atoms with Crippen molar-refractivity contribution >= 4 is 28.4 Å². The van der Waals surface area contributed by atoms with Crippen LogP contribution in [0.25, 0.3) is 10.9 Å². The van der Waals surface area contributed by atoms with Gasteiger partial charge in [0.15, 0.2) is 10.9 Å². The fourth-order valence-corrected chi connectivity index (χ4v) is 3.61. The predicted molar refractivity (Wildman–Crippen MR) is 95.8 cm³/mol. The lowest BCUT2D eigenvalue weighted by atomic mass is 10.1. The molecule has 25 heavy (non-hydrogen) atoms. The summed E-state index contributed by atoms with van der Waals surface area (Å²) >= 11 is 1.40. The molecule has 0 bridgehead atoms. The van der Waals surface area contributed by atoms with Gasteiger partial charge in [0.1, 0.15) is 12.1 Å². The fraction of sp³-hybridized carbons (Fsp3) is 0.167. The van der Waals surface area contributed by atoms with Gasteiger partial charge in [-0.3, -0.25) is 4.79 Å². The van der Waals surface area contributed by atoms with Crippen LogP contribution in [0.2, 0.25) is 0 Å². The molecule has 0 aliphatic heterocycles. The van der Waals surface area contributed by atoms with Crippen LogP contribution in [-0.4, -0.2) is 30.8 Å². The third kappa shape index (κ3) is 3.10. The van der Waals surface area contributed by atoms with E-state index in [0.29, 0.717) is 17.3 Å². The van der Waals surface area contributed by atoms with Crippen molar-refractivity contribution in [3.8, 4) is 0 Å². The Labute approximate surface area is 148 Å². The van der Waals surface area contributed by atoms with E-state index in [-0.39, 0.29) is 11.0 Å². The highest BCUT2D eigenvalue weighted by Crippen LogP contribution is 2.27. The van der Waals surface area contributed by atoms with Crippen molar-refractivity contribution in [2.45, 2.75) is 23.9 Å². The highest BCUT2D eigenvalue weighted by Gasteiger charge is 2.22. The number of Topliss-reactive ketones (excluding diaryl/α,β-unsaturated/α-hetero) is 1. The molecule has 0 radical (unpaired) electrons. The maximum atomic E-state index is 12.9. The smallest absolute Gasteiger partial charge is 0.192 e. The number of benzene rings is 1. The zero-order valence-electron chi connectivity index (χ0n) is 13.5. The number of hydrogen-bond acceptors (Lipinski definition) is 5. The largest absolute Gasteiger partial charge is 0.467 e. The first-order valence-corrected chi connectivity index (χ1v) is 8.77. The number of rotatable bonds is 6. The van der Waals surface area contributed by atoms with Crippen LogP contribution in [-0.2, 0) is 6.54 Å². The average molecular weight is 352 g/mol. The number of carbonyl (C=O) groups is 1. The van der Waals surface area contributed by atoms with E-state index in [0.717, 1.165) is 16.7 Å². The minimum atomic E-state index is -0.279. The fourth-order valence-electron chi connectivity index (χ4n) is 2.72. The maximum Gasteiger partial charge on any atom is 0.192 e. The second kappa shape index (κ2) is 6.60. The van der Waals surface area contributed by atoms with Crippen molar-refractivity contribution in [3.63, 3.8) is 0 Å². The summed E-state index contributed by atoms with van der Waals surface area (Å²) in [6, 6.07) is 11.5. The van der Waals surface area contributed by atoms with Crippen LogP contribution in [0.1, 0.15) is 23.0 Å². The Balaban J connectivity index is 1.53. The quantitative estimate of drug-likeness (QED) is 0.422. The Kier molecular flexibility index (Phi) is 4.15. The number of para-hydroxylation sites is 1. The van der Waals surface area contributed by atoms with Crippen LogP contribution in [0, 0.1) is 0 Å². The molecule has 0 saturated carbocycles. The van der Waals surface area contributed by atoms with E-state index in [4.69, 9.17) is 4.42 Å². The average Bonchev–Trinajstić information content (AvgIpc) is 3.36. The zero-order chi connectivity index (χ0) is 17.2. The van der Waals surface area contributed by atoms with Crippen molar-refractivity contribution in [1.29, 1.82) is 0 Å². The number of thioether (sulfide) groups is 1. The van der Waals surface area contributed by atoms with Gasteiger partial charge in [-0.1, -0.05) is 30.0 Å². The van der Waals surface area contributed by atoms with Gasteiger partial charge in [-0.05, 0) is 25.1 Å². The van der Waals surface area contributed by atoms with Crippen LogP contribution in [0.4, 0.5) is 0 Å². The molecule has 0 aliphatic rings. The van der Waals surface area contributed by atoms with Crippen molar-refractivity contribution in [2.75, 3.05) is 0 Å². The molecule has 1 unspecified atom stereocenters. The summed E-state index contributed by atoms with van der Waals surface area (Å²) in [5.74, 6) is 0.882. The van der Waals surface area contributed by atoms with Gasteiger partial charge in [-0.25, -0.2) is 0 Å². The van der Waals surface area contributed by atoms with Crippen molar-refractivity contribution in [1.82, 2.24) is 19.7 Å². The van der Waals surface area contributed by atoms with Crippen molar-refractivity contribution in [2.24, 2.45) is 0 Å². The molecule has 3 heterocycles. The minimum absolute atomic E-state index is 0.0648. The highest BCUT2D eigenvalue weighted by atomic mass is 32.2. The van der Waals surface area contributed by atoms with Crippen molar-refractivity contribution in [3.05, 3.63) is 66.5 Å². The van der Waals surface area contributed by atoms with Crippen LogP contribution >= 0.6 is 11.8 Å². The van der Waals surface area contributed by atoms with Crippen LogP contribution in [0.5, 0.6) is 0 Å². The van der Waals surface area contributed by atoms with E-state index in [9.17, 15) is 4.79 Å². The normalized spacial score (nSPS) is 12.5. The summed E-state index contributed by atoms with van der Waals surface area (Å²) in [4.78, 5) is 16.0. The Bertz CT molecular complexity index is 1000. The predicted octanol–water partition coefficient (Wildman–Crippen LogP) is 3.76. The summed E-state index contributed by atoms with van der Waals surface area (Å²) in [7, 11) is 0. The number of H-pyrrole nitrogens is 1. The van der Waals surface area contributed by atoms with Gasteiger partial charge in [0.05, 0.1) is 18.1 Å². The topological polar surface area (TPSA) is 76.7 Å². The Morgan fingerprint density at radius 1 is 1.32 bits per heavy atom. The standard InChI is InChI=1S/C18H16N4O2S/c1-12(17(23)15-9-19-16-7-3-2-6-14(15)16)25-18-21-20-11-22(18)10-13-5-4-8-24-13/h2-9,11-12,19H,10H2,1H3. The molecular weight excluding hydrogens is 336 g/mol. The molecule has 0 aliphatic carbocycles. The van der Waals surface area contributed by atoms with E-state index in [1.165, 1.54) is 11.8 Å². The molecule has 0 saturated heterocycles. The number of hydrogen-bond donors (Lipinski definition) is 1. The molecule has 1 N–H and O–H groups in total. The molecule has 1 atom stereocenters. The summed E-state index contributed by atoms with van der Waals surface area (Å²) in [6.07, 6.45) is 5.06. The van der Waals surface area contributed by atoms with Gasteiger partial charge in [0.25, 0.3) is 0 Å². The number of furan rings is 1. The molecule has 7 heteroatoms. The van der Waals surface area contributed by atoms with E-state index < -0.39 is 0 Å². The lowest BCUT2D eigenvalue weighted by Gasteiger charge is -2.10. The van der Waals surface area contributed by atoms with Crippen LogP contribution < -0.4 is 0 Å². The molecule has 6 nitrogen and oxygen atoms in total. The van der Waals surface area contributed by atoms with E-state index in [1.807, 2.05) is 47.9 Å². The second-order valence-electron chi connectivity index (χ2n) is 5.69. The number of aromatic amines is 1. The van der Waals surface area contributed by atoms with Gasteiger partial charge in [0, 0.05) is 22.7 Å². The SMILES string of the molecule is CC(Sc1nncn1Cc1ccco1)C(=O)c1c[nH]c2ccccc12. The highest BCUT2D eigenvalue weighted by molar-refractivity contribution is 8.00. The summed E-state index contributed by atoms with van der Waals surface area (Å²) in [5.41, 5.74) is 1.66. The van der Waals surface area contributed by atoms with Gasteiger partial charge < -0.3 is 14.0 Å². The van der Waals surface area contributed by atoms with Crippen LogP contribution in [0.15, 0.2) is 64.8 Å². The Morgan fingerprint density at radius 2 is 2.20 bits per heavy atom. The second-order valence-corrected chi connectivity index (χ2v) is 7.00. The first-order valence-electron chi connectivity index (χ1n) is 7.89. The number of ketones is 1. The lowest BCUT2D eigenvalue weighted by Crippen LogP contribution is -2.14. The Hall–Kier alpha value is -2.80. The Morgan fingerprint density at radius 3 is 3.04 bits per heavy atom. The number of aromatic nitrogens is 4. The molecule has 4 rings (SSSR count). The lowest BCUT2D eigenvalue weighted by molar-refractivity contribution is 0.0995. The molecule has 126 valence electrons. The van der Waals surface area contributed by atoms with Crippen molar-refractivity contribution < 1.29 is 9.21 Å². The number of nitrogens with one attached hydrogen (secondary N) is 1. The molecule has 1 aromatic carbocycles. The molecule has 4 aromatic rings. The maximum absolute atomic E-state index is 12.9. The molecule has 3 aromatic heterocycles. The van der Waals surface area contributed by atoms with Gasteiger partial charge >= 0.3 is 0 Å². The minimum Gasteiger partial charge on any atom is -0.467 e. The molecule has 0 amide bonds. The van der Waals surface area contributed by atoms with Gasteiger partial charge in [-0.2, -0.15) is 0 Å². The summed E-state index contributed by atoms with van der Waals surface area (Å²) < 4.78 is 7.24. The number of fused-ring (bicyclic) bond motifs is 1. The zero-order valence-corrected chi connectivity index (χ0v) is 14.4. The third-order valence-electron chi connectivity index (χ3n) is 3.99. The number of nitrogens with zero attached hydrogens (tertiary/aromatic N) is 3. The first kappa shape index (κ1) is 15.7. The van der Waals surface area contributed by atoms with Gasteiger partial charge in [-0.15, -0.1) is 10.2 Å². The third-order valence-corrected chi connectivity index (χ3v) is 5.09. The van der Waals surface area contributed by atoms with E-state index in [2.05, 4.69) is 15.2 Å². The van der Waals surface area contributed by atoms with Gasteiger partial charge in [0.2, 0.25) is 0 Å². The molecule has 0 spiro atoms. The summed E-state index contributed by atoms with van der Waals surface area (Å²) in [6.45, 7) is 2.43.